The molecule has 0 aliphatic heterocycles. The van der Waals surface area contributed by atoms with Gasteiger partial charge in [0.15, 0.2) is 5.75 Å². The number of ether oxygens (including phenoxy) is 1. The number of hydrogen-bond donors (Lipinski definition) is 1. The lowest BCUT2D eigenvalue weighted by Crippen LogP contribution is -2.21. The summed E-state index contributed by atoms with van der Waals surface area (Å²) in [5.41, 5.74) is 2.78. The summed E-state index contributed by atoms with van der Waals surface area (Å²) in [5.74, 6) is -1.29. The van der Waals surface area contributed by atoms with E-state index in [4.69, 9.17) is 17.3 Å². The van der Waals surface area contributed by atoms with Crippen molar-refractivity contribution in [2.75, 3.05) is 0 Å². The number of hydrogen-bond acceptors (Lipinski definition) is 4. The average molecular weight is 305 g/mol. The first-order valence-electron chi connectivity index (χ1n) is 4.63. The molecule has 0 aromatic carbocycles. The third-order valence-corrected chi connectivity index (χ3v) is 2.21. The lowest BCUT2D eigenvalue weighted by molar-refractivity contribution is -0.275. The van der Waals surface area contributed by atoms with Crippen LogP contribution < -0.4 is 10.5 Å². The summed E-state index contributed by atoms with van der Waals surface area (Å²) in [6, 6.07) is 0. The quantitative estimate of drug-likeness (QED) is 0.686. The third-order valence-electron chi connectivity index (χ3n) is 2.00. The molecule has 4 nitrogen and oxygen atoms in total. The molecule has 1 rings (SSSR count). The Morgan fingerprint density at radius 2 is 2.05 bits per heavy atom. The number of aromatic nitrogens is 1. The van der Waals surface area contributed by atoms with E-state index < -0.39 is 47.1 Å². The number of halogens is 6. The van der Waals surface area contributed by atoms with Gasteiger partial charge in [-0.15, -0.1) is 13.2 Å². The van der Waals surface area contributed by atoms with Crippen LogP contribution >= 0.6 is 11.6 Å². The number of alkyl halides is 5. The van der Waals surface area contributed by atoms with E-state index in [1.807, 2.05) is 0 Å². The molecule has 1 heterocycles. The number of carbonyl (C=O) groups excluding carboxylic acids is 1. The van der Waals surface area contributed by atoms with Crippen LogP contribution in [0.5, 0.6) is 5.75 Å². The fourth-order valence-electron chi connectivity index (χ4n) is 1.30. The largest absolute Gasteiger partial charge is 0.573 e. The summed E-state index contributed by atoms with van der Waals surface area (Å²) >= 11 is 5.10. The second kappa shape index (κ2) is 5.66. The van der Waals surface area contributed by atoms with Crippen LogP contribution in [0.4, 0.5) is 22.0 Å². The van der Waals surface area contributed by atoms with Crippen molar-refractivity contribution in [3.8, 4) is 5.75 Å². The van der Waals surface area contributed by atoms with Gasteiger partial charge in [-0.05, 0) is 11.6 Å². The van der Waals surface area contributed by atoms with E-state index in [1.165, 1.54) is 0 Å². The molecule has 1 aromatic rings. The minimum Gasteiger partial charge on any atom is -0.403 e. The van der Waals surface area contributed by atoms with Crippen LogP contribution in [-0.2, 0) is 6.54 Å². The van der Waals surface area contributed by atoms with Gasteiger partial charge in [-0.25, -0.2) is 8.78 Å². The predicted molar refractivity (Wildman–Crippen MR) is 54.0 cm³/mol. The number of rotatable bonds is 4. The lowest BCUT2D eigenvalue weighted by atomic mass is 10.1. The zero-order valence-electron chi connectivity index (χ0n) is 8.97. The van der Waals surface area contributed by atoms with Crippen molar-refractivity contribution in [2.24, 2.45) is 5.73 Å². The van der Waals surface area contributed by atoms with Crippen LogP contribution in [0.3, 0.4) is 0 Å². The topological polar surface area (TPSA) is 65.2 Å². The van der Waals surface area contributed by atoms with Gasteiger partial charge in [0, 0.05) is 18.3 Å². The van der Waals surface area contributed by atoms with Gasteiger partial charge in [0.25, 0.3) is 11.7 Å². The molecule has 0 spiro atoms. The highest BCUT2D eigenvalue weighted by molar-refractivity contribution is 6.67. The van der Waals surface area contributed by atoms with Crippen LogP contribution in [0.25, 0.3) is 0 Å². The molecule has 0 bridgehead atoms. The van der Waals surface area contributed by atoms with Gasteiger partial charge < -0.3 is 10.5 Å². The zero-order valence-corrected chi connectivity index (χ0v) is 9.73. The van der Waals surface area contributed by atoms with Gasteiger partial charge in [0.1, 0.15) is 5.69 Å². The summed E-state index contributed by atoms with van der Waals surface area (Å²) in [4.78, 5) is 14.0. The first-order chi connectivity index (χ1) is 8.67. The third kappa shape index (κ3) is 3.74. The van der Waals surface area contributed by atoms with Crippen molar-refractivity contribution in [1.82, 2.24) is 4.98 Å². The van der Waals surface area contributed by atoms with E-state index in [-0.39, 0.29) is 0 Å². The molecular formula is C9H6ClF5N2O2. The van der Waals surface area contributed by atoms with Crippen molar-refractivity contribution in [3.63, 3.8) is 0 Å². The number of nitrogens with zero attached hydrogens (tertiary/aromatic N) is 1. The fraction of sp³-hybridized carbons (Fsp3) is 0.333. The normalized spacial score (nSPS) is 11.8. The summed E-state index contributed by atoms with van der Waals surface area (Å²) in [5, 5.41) is -1.18. The highest BCUT2D eigenvalue weighted by Gasteiger charge is 2.36. The molecule has 19 heavy (non-hydrogen) atoms. The molecule has 0 unspecified atom stereocenters. The molecule has 0 aliphatic carbocycles. The molecule has 1 aromatic heterocycles. The Morgan fingerprint density at radius 1 is 1.47 bits per heavy atom. The standard InChI is InChI=1S/C9H6ClF5N2O2/c10-7(18)4-2-17-5(8(11)12)6(3(4)1-16)19-9(13,14)15/h2,8H,1,16H2. The van der Waals surface area contributed by atoms with Gasteiger partial charge in [0.05, 0.1) is 5.56 Å². The van der Waals surface area contributed by atoms with Crippen LogP contribution in [-0.4, -0.2) is 16.6 Å². The molecule has 0 amide bonds. The van der Waals surface area contributed by atoms with E-state index in [9.17, 15) is 26.7 Å². The first-order valence-corrected chi connectivity index (χ1v) is 5.00. The molecule has 0 saturated heterocycles. The van der Waals surface area contributed by atoms with Gasteiger partial charge >= 0.3 is 6.36 Å². The minimum absolute atomic E-state index is 0.521. The Morgan fingerprint density at radius 3 is 2.42 bits per heavy atom. The second-order valence-electron chi connectivity index (χ2n) is 3.19. The molecule has 0 saturated carbocycles. The van der Waals surface area contributed by atoms with Crippen LogP contribution in [0, 0.1) is 0 Å². The SMILES string of the molecule is NCc1c(C(=O)Cl)cnc(C(F)F)c1OC(F)(F)F. The van der Waals surface area contributed by atoms with Crippen LogP contribution in [0.15, 0.2) is 6.20 Å². The maximum atomic E-state index is 12.6. The summed E-state index contributed by atoms with van der Waals surface area (Å²) < 4.78 is 65.2. The average Bonchev–Trinajstić information content (AvgIpc) is 2.25. The molecular weight excluding hydrogens is 299 g/mol. The number of nitrogens with two attached hydrogens (primary N) is 1. The molecule has 0 aliphatic rings. The molecule has 10 heteroatoms. The van der Waals surface area contributed by atoms with E-state index in [1.54, 1.807) is 0 Å². The van der Waals surface area contributed by atoms with E-state index in [2.05, 4.69) is 9.72 Å². The van der Waals surface area contributed by atoms with Crippen molar-refractivity contribution < 1.29 is 31.5 Å². The lowest BCUT2D eigenvalue weighted by Gasteiger charge is -2.17. The zero-order chi connectivity index (χ0) is 14.8. The van der Waals surface area contributed by atoms with Crippen LogP contribution in [0.1, 0.15) is 28.0 Å². The maximum Gasteiger partial charge on any atom is 0.573 e. The smallest absolute Gasteiger partial charge is 0.403 e. The molecule has 0 fully saturated rings. The molecule has 2 N–H and O–H groups in total. The minimum atomic E-state index is -5.23. The maximum absolute atomic E-state index is 12.6. The number of pyridine rings is 1. The van der Waals surface area contributed by atoms with Gasteiger partial charge in [-0.1, -0.05) is 0 Å². The Hall–Kier alpha value is -1.48. The summed E-state index contributed by atoms with van der Waals surface area (Å²) in [6.45, 7) is -0.651. The molecule has 0 atom stereocenters. The van der Waals surface area contributed by atoms with E-state index >= 15 is 0 Å². The Bertz CT molecular complexity index is 492. The number of carbonyl (C=O) groups is 1. The monoisotopic (exact) mass is 304 g/mol. The van der Waals surface area contributed by atoms with E-state index in [0.29, 0.717) is 6.20 Å². The fourth-order valence-corrected chi connectivity index (χ4v) is 1.47. The first kappa shape index (κ1) is 15.6. The van der Waals surface area contributed by atoms with Gasteiger partial charge in [-0.2, -0.15) is 0 Å². The van der Waals surface area contributed by atoms with Crippen molar-refractivity contribution in [3.05, 3.63) is 23.0 Å². The Labute approximate surface area is 108 Å². The van der Waals surface area contributed by atoms with Gasteiger partial charge in [-0.3, -0.25) is 9.78 Å². The van der Waals surface area contributed by atoms with Crippen molar-refractivity contribution in [1.29, 1.82) is 0 Å². The van der Waals surface area contributed by atoms with Crippen molar-refractivity contribution in [2.45, 2.75) is 19.3 Å². The van der Waals surface area contributed by atoms with Crippen LogP contribution in [0.2, 0.25) is 0 Å². The highest BCUT2D eigenvalue weighted by Crippen LogP contribution is 2.36. The predicted octanol–water partition coefficient (Wildman–Crippen LogP) is 2.76. The van der Waals surface area contributed by atoms with Crippen molar-refractivity contribution >= 4 is 16.8 Å². The highest BCUT2D eigenvalue weighted by atomic mass is 35.5. The van der Waals surface area contributed by atoms with E-state index in [0.717, 1.165) is 0 Å². The summed E-state index contributed by atoms with van der Waals surface area (Å²) in [6.07, 6.45) is -7.94. The Kier molecular flexibility index (Phi) is 4.64. The Balaban J connectivity index is 3.50. The van der Waals surface area contributed by atoms with Gasteiger partial charge in [0.2, 0.25) is 0 Å². The molecule has 106 valence electrons. The second-order valence-corrected chi connectivity index (χ2v) is 3.53. The summed E-state index contributed by atoms with van der Waals surface area (Å²) in [7, 11) is 0. The molecule has 0 radical (unpaired) electrons.